The molecule has 154 valence electrons. The standard InChI is InChI=1S/C23H28BrN3O2/c1-17-15-20(16-21(28)26-9-3-2-4-10-26)25-23(27-11-13-29-14-12-27)22(17)18-5-7-19(24)8-6-18/h5-8,15H,2-4,9-14,16H2,1H3. The number of anilines is 1. The van der Waals surface area contributed by atoms with Crippen LogP contribution in [0.25, 0.3) is 11.1 Å². The zero-order valence-corrected chi connectivity index (χ0v) is 18.6. The SMILES string of the molecule is Cc1cc(CC(=O)N2CCCCC2)nc(N2CCOCC2)c1-c1ccc(Br)cc1. The van der Waals surface area contributed by atoms with Crippen LogP contribution < -0.4 is 4.90 Å². The quantitative estimate of drug-likeness (QED) is 0.689. The number of hydrogen-bond acceptors (Lipinski definition) is 4. The van der Waals surface area contributed by atoms with Crippen LogP contribution in [-0.4, -0.2) is 55.2 Å². The normalized spacial score (nSPS) is 17.4. The summed E-state index contributed by atoms with van der Waals surface area (Å²) in [5.74, 6) is 1.16. The van der Waals surface area contributed by atoms with Crippen LogP contribution in [0, 0.1) is 6.92 Å². The molecule has 2 saturated heterocycles. The van der Waals surface area contributed by atoms with Crippen molar-refractivity contribution in [1.82, 2.24) is 9.88 Å². The predicted molar refractivity (Wildman–Crippen MR) is 119 cm³/mol. The van der Waals surface area contributed by atoms with Crippen LogP contribution in [0.5, 0.6) is 0 Å². The number of ether oxygens (including phenoxy) is 1. The van der Waals surface area contributed by atoms with Gasteiger partial charge in [-0.25, -0.2) is 4.98 Å². The number of aryl methyl sites for hydroxylation is 1. The molecule has 0 bridgehead atoms. The van der Waals surface area contributed by atoms with Crippen LogP contribution in [0.4, 0.5) is 5.82 Å². The summed E-state index contributed by atoms with van der Waals surface area (Å²) in [5.41, 5.74) is 4.31. The largest absolute Gasteiger partial charge is 0.378 e. The third kappa shape index (κ3) is 4.81. The van der Waals surface area contributed by atoms with E-state index in [0.717, 1.165) is 71.7 Å². The van der Waals surface area contributed by atoms with E-state index in [4.69, 9.17) is 9.72 Å². The Kier molecular flexibility index (Phi) is 6.50. The van der Waals surface area contributed by atoms with E-state index in [1.165, 1.54) is 6.42 Å². The molecule has 2 fully saturated rings. The van der Waals surface area contributed by atoms with E-state index in [0.29, 0.717) is 19.6 Å². The Morgan fingerprint density at radius 3 is 2.45 bits per heavy atom. The Labute approximate surface area is 181 Å². The van der Waals surface area contributed by atoms with Gasteiger partial charge in [-0.3, -0.25) is 4.79 Å². The number of hydrogen-bond donors (Lipinski definition) is 0. The maximum Gasteiger partial charge on any atom is 0.228 e. The maximum atomic E-state index is 12.8. The minimum absolute atomic E-state index is 0.195. The van der Waals surface area contributed by atoms with Gasteiger partial charge in [0, 0.05) is 36.2 Å². The first kappa shape index (κ1) is 20.4. The van der Waals surface area contributed by atoms with E-state index >= 15 is 0 Å². The van der Waals surface area contributed by atoms with Gasteiger partial charge in [-0.1, -0.05) is 28.1 Å². The van der Waals surface area contributed by atoms with E-state index in [9.17, 15) is 4.79 Å². The van der Waals surface area contributed by atoms with E-state index in [-0.39, 0.29) is 5.91 Å². The topological polar surface area (TPSA) is 45.7 Å². The summed E-state index contributed by atoms with van der Waals surface area (Å²) in [6.45, 7) is 6.93. The van der Waals surface area contributed by atoms with Gasteiger partial charge in [0.15, 0.2) is 0 Å². The number of amides is 1. The molecule has 2 aliphatic rings. The summed E-state index contributed by atoms with van der Waals surface area (Å²) in [6, 6.07) is 10.5. The molecular weight excluding hydrogens is 430 g/mol. The monoisotopic (exact) mass is 457 g/mol. The third-order valence-electron chi connectivity index (χ3n) is 5.74. The Hall–Kier alpha value is -1.92. The highest BCUT2D eigenvalue weighted by Gasteiger charge is 2.22. The van der Waals surface area contributed by atoms with E-state index < -0.39 is 0 Å². The summed E-state index contributed by atoms with van der Waals surface area (Å²) in [4.78, 5) is 22.1. The molecule has 5 nitrogen and oxygen atoms in total. The van der Waals surface area contributed by atoms with Gasteiger partial charge < -0.3 is 14.5 Å². The van der Waals surface area contributed by atoms with Crippen LogP contribution in [-0.2, 0) is 16.0 Å². The molecular formula is C23H28BrN3O2. The number of rotatable bonds is 4. The van der Waals surface area contributed by atoms with Crippen molar-refractivity contribution in [2.24, 2.45) is 0 Å². The number of piperidine rings is 1. The average molecular weight is 458 g/mol. The van der Waals surface area contributed by atoms with Crippen molar-refractivity contribution in [1.29, 1.82) is 0 Å². The molecule has 0 unspecified atom stereocenters. The molecule has 0 atom stereocenters. The molecule has 6 heteroatoms. The highest BCUT2D eigenvalue weighted by Crippen LogP contribution is 2.34. The van der Waals surface area contributed by atoms with Crippen molar-refractivity contribution in [3.63, 3.8) is 0 Å². The lowest BCUT2D eigenvalue weighted by Gasteiger charge is -2.31. The molecule has 0 aliphatic carbocycles. The number of pyridine rings is 1. The van der Waals surface area contributed by atoms with E-state index in [1.54, 1.807) is 0 Å². The second-order valence-corrected chi connectivity index (χ2v) is 8.77. The average Bonchev–Trinajstić information content (AvgIpc) is 2.75. The van der Waals surface area contributed by atoms with Gasteiger partial charge in [-0.05, 0) is 55.5 Å². The highest BCUT2D eigenvalue weighted by atomic mass is 79.9. The smallest absolute Gasteiger partial charge is 0.228 e. The van der Waals surface area contributed by atoms with Gasteiger partial charge in [0.05, 0.1) is 25.3 Å². The lowest BCUT2D eigenvalue weighted by atomic mass is 9.99. The van der Waals surface area contributed by atoms with Crippen LogP contribution in [0.15, 0.2) is 34.8 Å². The summed E-state index contributed by atoms with van der Waals surface area (Å²) < 4.78 is 6.61. The summed E-state index contributed by atoms with van der Waals surface area (Å²) in [6.07, 6.45) is 3.82. The van der Waals surface area contributed by atoms with Gasteiger partial charge in [0.25, 0.3) is 0 Å². The van der Waals surface area contributed by atoms with Crippen LogP contribution >= 0.6 is 15.9 Å². The fraction of sp³-hybridized carbons (Fsp3) is 0.478. The van der Waals surface area contributed by atoms with Crippen LogP contribution in [0.1, 0.15) is 30.5 Å². The number of aromatic nitrogens is 1. The molecule has 0 N–H and O–H groups in total. The van der Waals surface area contributed by atoms with Gasteiger partial charge in [-0.15, -0.1) is 0 Å². The Morgan fingerprint density at radius 1 is 1.07 bits per heavy atom. The first-order valence-corrected chi connectivity index (χ1v) is 11.3. The number of carbonyl (C=O) groups is 1. The number of benzene rings is 1. The van der Waals surface area contributed by atoms with Crippen molar-refractivity contribution in [3.05, 3.63) is 46.1 Å². The van der Waals surface area contributed by atoms with Crippen molar-refractivity contribution in [2.45, 2.75) is 32.6 Å². The number of nitrogens with zero attached hydrogens (tertiary/aromatic N) is 3. The Morgan fingerprint density at radius 2 is 1.76 bits per heavy atom. The van der Waals surface area contributed by atoms with Crippen molar-refractivity contribution < 1.29 is 9.53 Å². The van der Waals surface area contributed by atoms with Gasteiger partial charge in [0.1, 0.15) is 5.82 Å². The summed E-state index contributed by atoms with van der Waals surface area (Å²) in [7, 11) is 0. The molecule has 3 heterocycles. The fourth-order valence-electron chi connectivity index (χ4n) is 4.20. The van der Waals surface area contributed by atoms with Gasteiger partial charge >= 0.3 is 0 Å². The second kappa shape index (κ2) is 9.26. The van der Waals surface area contributed by atoms with E-state index in [2.05, 4.69) is 58.1 Å². The minimum atomic E-state index is 0.195. The Bertz CT molecular complexity index is 857. The van der Waals surface area contributed by atoms with Crippen molar-refractivity contribution in [2.75, 3.05) is 44.3 Å². The number of likely N-dealkylation sites (tertiary alicyclic amines) is 1. The number of carbonyl (C=O) groups excluding carboxylic acids is 1. The molecule has 1 amide bonds. The van der Waals surface area contributed by atoms with Crippen molar-refractivity contribution >= 4 is 27.7 Å². The lowest BCUT2D eigenvalue weighted by Crippen LogP contribution is -2.38. The maximum absolute atomic E-state index is 12.8. The van der Waals surface area contributed by atoms with E-state index in [1.807, 2.05) is 4.90 Å². The van der Waals surface area contributed by atoms with Crippen LogP contribution in [0.2, 0.25) is 0 Å². The summed E-state index contributed by atoms with van der Waals surface area (Å²) in [5, 5.41) is 0. The summed E-state index contributed by atoms with van der Waals surface area (Å²) >= 11 is 3.52. The molecule has 2 aromatic rings. The van der Waals surface area contributed by atoms with Crippen molar-refractivity contribution in [3.8, 4) is 11.1 Å². The van der Waals surface area contributed by atoms with Crippen LogP contribution in [0.3, 0.4) is 0 Å². The molecule has 4 rings (SSSR count). The number of halogens is 1. The molecule has 0 radical (unpaired) electrons. The van der Waals surface area contributed by atoms with Gasteiger partial charge in [-0.2, -0.15) is 0 Å². The molecule has 29 heavy (non-hydrogen) atoms. The fourth-order valence-corrected chi connectivity index (χ4v) is 4.46. The molecule has 0 saturated carbocycles. The molecule has 0 spiro atoms. The van der Waals surface area contributed by atoms with Gasteiger partial charge in [0.2, 0.25) is 5.91 Å². The first-order valence-electron chi connectivity index (χ1n) is 10.5. The Balaban J connectivity index is 1.67. The first-order chi connectivity index (χ1) is 14.1. The molecule has 2 aliphatic heterocycles. The molecule has 1 aromatic carbocycles. The minimum Gasteiger partial charge on any atom is -0.378 e. The molecule has 1 aromatic heterocycles. The number of morpholine rings is 1. The zero-order chi connectivity index (χ0) is 20.2. The zero-order valence-electron chi connectivity index (χ0n) is 17.0. The highest BCUT2D eigenvalue weighted by molar-refractivity contribution is 9.10. The predicted octanol–water partition coefficient (Wildman–Crippen LogP) is 4.21. The second-order valence-electron chi connectivity index (χ2n) is 7.85. The lowest BCUT2D eigenvalue weighted by molar-refractivity contribution is -0.131. The third-order valence-corrected chi connectivity index (χ3v) is 6.26.